The molecule has 0 saturated carbocycles. The molecule has 2 saturated heterocycles. The monoisotopic (exact) mass is 285 g/mol. The minimum Gasteiger partial charge on any atom is -0.339 e. The average Bonchev–Trinajstić information content (AvgIpc) is 3.02. The van der Waals surface area contributed by atoms with Crippen LogP contribution in [0.4, 0.5) is 0 Å². The van der Waals surface area contributed by atoms with Crippen molar-refractivity contribution in [1.82, 2.24) is 15.5 Å². The number of hydrogen-bond acceptors (Lipinski definition) is 6. The predicted molar refractivity (Wildman–Crippen MR) is 69.7 cm³/mol. The molecule has 2 atom stereocenters. The van der Waals surface area contributed by atoms with E-state index in [1.807, 2.05) is 0 Å². The zero-order valence-electron chi connectivity index (χ0n) is 10.8. The van der Waals surface area contributed by atoms with Crippen LogP contribution in [0.5, 0.6) is 0 Å². The van der Waals surface area contributed by atoms with Crippen LogP contribution in [-0.4, -0.2) is 42.7 Å². The molecule has 2 aliphatic rings. The molecule has 0 aromatic carbocycles. The summed E-state index contributed by atoms with van der Waals surface area (Å²) >= 11 is 0. The van der Waals surface area contributed by atoms with Crippen molar-refractivity contribution in [2.75, 3.05) is 18.8 Å². The van der Waals surface area contributed by atoms with E-state index in [4.69, 9.17) is 4.52 Å². The number of nitrogens with one attached hydrogen (secondary N) is 1. The van der Waals surface area contributed by atoms with Gasteiger partial charge in [-0.1, -0.05) is 11.6 Å². The first-order valence-corrected chi connectivity index (χ1v) is 8.61. The number of sulfone groups is 1. The van der Waals surface area contributed by atoms with Gasteiger partial charge in [-0.25, -0.2) is 8.42 Å². The van der Waals surface area contributed by atoms with E-state index in [0.29, 0.717) is 36.2 Å². The average molecular weight is 285 g/mol. The Kier molecular flexibility index (Phi) is 3.58. The molecule has 0 spiro atoms. The molecule has 0 bridgehead atoms. The third-order valence-electron chi connectivity index (χ3n) is 4.02. The van der Waals surface area contributed by atoms with Crippen LogP contribution in [0.1, 0.15) is 43.3 Å². The van der Waals surface area contributed by atoms with Crippen LogP contribution < -0.4 is 5.32 Å². The first-order valence-electron chi connectivity index (χ1n) is 6.90. The fourth-order valence-corrected chi connectivity index (χ4v) is 4.70. The van der Waals surface area contributed by atoms with Crippen molar-refractivity contribution in [1.29, 1.82) is 0 Å². The summed E-state index contributed by atoms with van der Waals surface area (Å²) in [4.78, 5) is 4.37. The van der Waals surface area contributed by atoms with Crippen LogP contribution >= 0.6 is 0 Å². The van der Waals surface area contributed by atoms with Crippen molar-refractivity contribution < 1.29 is 12.9 Å². The summed E-state index contributed by atoms with van der Waals surface area (Å²) in [6, 6.07) is 0. The molecular weight excluding hydrogens is 266 g/mol. The zero-order valence-corrected chi connectivity index (χ0v) is 11.7. The summed E-state index contributed by atoms with van der Waals surface area (Å²) in [7, 11) is -2.97. The minimum absolute atomic E-state index is 0.297. The quantitative estimate of drug-likeness (QED) is 0.878. The Morgan fingerprint density at radius 2 is 2.21 bits per heavy atom. The summed E-state index contributed by atoms with van der Waals surface area (Å²) in [6.45, 7) is 1.85. The van der Waals surface area contributed by atoms with Crippen molar-refractivity contribution in [2.24, 2.45) is 0 Å². The van der Waals surface area contributed by atoms with Gasteiger partial charge in [0.15, 0.2) is 15.7 Å². The van der Waals surface area contributed by atoms with E-state index < -0.39 is 9.84 Å². The second kappa shape index (κ2) is 5.20. The highest BCUT2D eigenvalue weighted by molar-refractivity contribution is 7.92. The van der Waals surface area contributed by atoms with Crippen molar-refractivity contribution in [3.05, 3.63) is 11.7 Å². The van der Waals surface area contributed by atoms with E-state index in [1.54, 1.807) is 0 Å². The van der Waals surface area contributed by atoms with Gasteiger partial charge in [-0.15, -0.1) is 0 Å². The fraction of sp³-hybridized carbons (Fsp3) is 0.833. The number of nitrogens with zero attached hydrogens (tertiary/aromatic N) is 2. The lowest BCUT2D eigenvalue weighted by Gasteiger charge is -2.20. The summed E-state index contributed by atoms with van der Waals surface area (Å²) in [5.74, 6) is 1.79. The molecule has 2 fully saturated rings. The van der Waals surface area contributed by atoms with E-state index in [2.05, 4.69) is 15.5 Å². The summed E-state index contributed by atoms with van der Waals surface area (Å²) < 4.78 is 29.1. The first kappa shape index (κ1) is 13.1. The van der Waals surface area contributed by atoms with Gasteiger partial charge < -0.3 is 9.84 Å². The molecule has 3 heterocycles. The van der Waals surface area contributed by atoms with E-state index in [-0.39, 0.29) is 5.25 Å². The standard InChI is InChI=1S/C12H19N3O3S/c16-19(17)6-2-1-3-10(19)7-11-14-12(15-18-11)9-4-5-13-8-9/h9-10,13H,1-8H2. The van der Waals surface area contributed by atoms with E-state index >= 15 is 0 Å². The highest BCUT2D eigenvalue weighted by Crippen LogP contribution is 2.24. The first-order chi connectivity index (χ1) is 9.15. The Labute approximate surface area is 112 Å². The topological polar surface area (TPSA) is 85.1 Å². The fourth-order valence-electron chi connectivity index (χ4n) is 2.84. The van der Waals surface area contributed by atoms with Crippen LogP contribution in [0.15, 0.2) is 4.52 Å². The molecule has 1 aromatic heterocycles. The lowest BCUT2D eigenvalue weighted by molar-refractivity contribution is 0.364. The summed E-state index contributed by atoms with van der Waals surface area (Å²) in [6.07, 6.45) is 3.85. The second-order valence-electron chi connectivity index (χ2n) is 5.42. The van der Waals surface area contributed by atoms with Crippen LogP contribution in [0, 0.1) is 0 Å². The number of hydrogen-bond donors (Lipinski definition) is 1. The molecule has 19 heavy (non-hydrogen) atoms. The van der Waals surface area contributed by atoms with Crippen molar-refractivity contribution >= 4 is 9.84 Å². The van der Waals surface area contributed by atoms with Gasteiger partial charge in [0.25, 0.3) is 0 Å². The van der Waals surface area contributed by atoms with Crippen molar-refractivity contribution in [2.45, 2.75) is 43.3 Å². The normalized spacial score (nSPS) is 30.5. The molecule has 1 N–H and O–H groups in total. The van der Waals surface area contributed by atoms with Crippen molar-refractivity contribution in [3.63, 3.8) is 0 Å². The lowest BCUT2D eigenvalue weighted by Crippen LogP contribution is -2.30. The Balaban J connectivity index is 1.69. The molecule has 0 aliphatic carbocycles. The Bertz CT molecular complexity index is 534. The number of aromatic nitrogens is 2. The Hall–Kier alpha value is -0.950. The minimum atomic E-state index is -2.97. The molecule has 2 aliphatic heterocycles. The van der Waals surface area contributed by atoms with Gasteiger partial charge in [0.2, 0.25) is 5.89 Å². The Morgan fingerprint density at radius 3 is 2.95 bits per heavy atom. The van der Waals surface area contributed by atoms with E-state index in [1.165, 1.54) is 0 Å². The molecule has 1 aromatic rings. The van der Waals surface area contributed by atoms with E-state index in [9.17, 15) is 8.42 Å². The van der Waals surface area contributed by atoms with Crippen LogP contribution in [-0.2, 0) is 16.3 Å². The maximum absolute atomic E-state index is 11.9. The highest BCUT2D eigenvalue weighted by atomic mass is 32.2. The maximum Gasteiger partial charge on any atom is 0.227 e. The second-order valence-corrected chi connectivity index (χ2v) is 7.83. The van der Waals surface area contributed by atoms with Gasteiger partial charge in [0, 0.05) is 18.9 Å². The maximum atomic E-state index is 11.9. The summed E-state index contributed by atoms with van der Waals surface area (Å²) in [5.41, 5.74) is 0. The molecule has 106 valence electrons. The lowest BCUT2D eigenvalue weighted by atomic mass is 10.1. The van der Waals surface area contributed by atoms with Gasteiger partial charge in [-0.05, 0) is 25.8 Å². The zero-order chi connectivity index (χ0) is 13.3. The van der Waals surface area contributed by atoms with Crippen LogP contribution in [0.3, 0.4) is 0 Å². The Morgan fingerprint density at radius 1 is 1.32 bits per heavy atom. The SMILES string of the molecule is O=S1(=O)CCCCC1Cc1nc(C2CCNC2)no1. The largest absolute Gasteiger partial charge is 0.339 e. The van der Waals surface area contributed by atoms with Gasteiger partial charge in [0.05, 0.1) is 11.0 Å². The molecule has 2 unspecified atom stereocenters. The van der Waals surface area contributed by atoms with Gasteiger partial charge in [-0.3, -0.25) is 0 Å². The van der Waals surface area contributed by atoms with Crippen LogP contribution in [0.25, 0.3) is 0 Å². The van der Waals surface area contributed by atoms with Gasteiger partial charge >= 0.3 is 0 Å². The smallest absolute Gasteiger partial charge is 0.227 e. The highest BCUT2D eigenvalue weighted by Gasteiger charge is 2.31. The third kappa shape index (κ3) is 2.81. The third-order valence-corrected chi connectivity index (χ3v) is 6.30. The molecule has 0 amide bonds. The molecule has 6 nitrogen and oxygen atoms in total. The summed E-state index contributed by atoms with van der Waals surface area (Å²) in [5, 5.41) is 6.91. The van der Waals surface area contributed by atoms with Crippen molar-refractivity contribution in [3.8, 4) is 0 Å². The molecule has 0 radical (unpaired) electrons. The molecular formula is C12H19N3O3S. The molecule has 7 heteroatoms. The van der Waals surface area contributed by atoms with Gasteiger partial charge in [0.1, 0.15) is 0 Å². The number of rotatable bonds is 3. The predicted octanol–water partition coefficient (Wildman–Crippen LogP) is 0.656. The van der Waals surface area contributed by atoms with Gasteiger partial charge in [-0.2, -0.15) is 4.98 Å². The van der Waals surface area contributed by atoms with E-state index in [0.717, 1.165) is 32.4 Å². The van der Waals surface area contributed by atoms with Crippen LogP contribution in [0.2, 0.25) is 0 Å². The molecule has 3 rings (SSSR count).